The van der Waals surface area contributed by atoms with Gasteiger partial charge in [0.2, 0.25) is 0 Å². The van der Waals surface area contributed by atoms with Crippen molar-refractivity contribution in [2.45, 2.75) is 13.0 Å². The highest BCUT2D eigenvalue weighted by molar-refractivity contribution is 6.35. The molecule has 0 unspecified atom stereocenters. The molecule has 1 aliphatic rings. The number of carbonyl (C=O) groups excluding carboxylic acids is 2. The molecule has 0 fully saturated rings. The molecule has 0 saturated heterocycles. The predicted octanol–water partition coefficient (Wildman–Crippen LogP) is 4.33. The first-order valence-corrected chi connectivity index (χ1v) is 10.2. The van der Waals surface area contributed by atoms with E-state index in [-0.39, 0.29) is 0 Å². The Bertz CT molecular complexity index is 1130. The average molecular weight is 444 g/mol. The molecule has 2 heterocycles. The summed E-state index contributed by atoms with van der Waals surface area (Å²) in [6.45, 7) is 1.05. The number of hydrogen-bond acceptors (Lipinski definition) is 5. The van der Waals surface area contributed by atoms with E-state index < -0.39 is 18.5 Å². The molecule has 0 radical (unpaired) electrons. The number of likely N-dealkylation sites (N-methyl/N-ethyl adjacent to an activating group) is 1. The Balaban J connectivity index is 1.56. The molecular formula is C22H19Cl2N3O3. The molecule has 0 spiro atoms. The van der Waals surface area contributed by atoms with Gasteiger partial charge in [-0.1, -0.05) is 41.4 Å². The van der Waals surface area contributed by atoms with Crippen LogP contribution in [-0.2, 0) is 22.5 Å². The maximum Gasteiger partial charge on any atom is 0.339 e. The molecule has 2 aromatic carbocycles. The molecule has 0 aliphatic carbocycles. The quantitative estimate of drug-likeness (QED) is 0.607. The Hall–Kier alpha value is -2.67. The van der Waals surface area contributed by atoms with Crippen LogP contribution >= 0.6 is 23.2 Å². The second-order valence-corrected chi connectivity index (χ2v) is 8.07. The Kier molecular flexibility index (Phi) is 5.90. The molecule has 0 atom stereocenters. The van der Waals surface area contributed by atoms with Crippen LogP contribution in [0.3, 0.4) is 0 Å². The van der Waals surface area contributed by atoms with Crippen molar-refractivity contribution < 1.29 is 14.3 Å². The molecular weight excluding hydrogens is 425 g/mol. The van der Waals surface area contributed by atoms with Gasteiger partial charge in [0.05, 0.1) is 11.1 Å². The van der Waals surface area contributed by atoms with E-state index in [1.54, 1.807) is 18.2 Å². The van der Waals surface area contributed by atoms with Gasteiger partial charge in [-0.2, -0.15) is 0 Å². The molecule has 6 nitrogen and oxygen atoms in total. The lowest BCUT2D eigenvalue weighted by molar-refractivity contribution is -0.119. The van der Waals surface area contributed by atoms with E-state index in [4.69, 9.17) is 32.9 Å². The molecule has 3 aromatic rings. The second kappa shape index (κ2) is 8.60. The highest BCUT2D eigenvalue weighted by Gasteiger charge is 2.25. The first-order valence-electron chi connectivity index (χ1n) is 9.43. The summed E-state index contributed by atoms with van der Waals surface area (Å²) in [4.78, 5) is 32.1. The normalized spacial score (nSPS) is 13.7. The largest absolute Gasteiger partial charge is 0.452 e. The van der Waals surface area contributed by atoms with Crippen LogP contribution in [0.4, 0.5) is 5.69 Å². The van der Waals surface area contributed by atoms with Crippen molar-refractivity contribution in [1.82, 2.24) is 9.88 Å². The fourth-order valence-electron chi connectivity index (χ4n) is 3.58. The van der Waals surface area contributed by atoms with Crippen LogP contribution in [0.2, 0.25) is 10.0 Å². The molecule has 154 valence electrons. The van der Waals surface area contributed by atoms with Gasteiger partial charge in [0.1, 0.15) is 0 Å². The van der Waals surface area contributed by atoms with Crippen molar-refractivity contribution in [3.8, 4) is 0 Å². The lowest BCUT2D eigenvalue weighted by Gasteiger charge is -2.26. The summed E-state index contributed by atoms with van der Waals surface area (Å²) in [5.74, 6) is -1.02. The summed E-state index contributed by atoms with van der Waals surface area (Å²) in [5.41, 5.74) is 3.40. The van der Waals surface area contributed by atoms with Gasteiger partial charge in [0.15, 0.2) is 6.61 Å². The molecule has 1 aromatic heterocycles. The van der Waals surface area contributed by atoms with Crippen LogP contribution in [0, 0.1) is 0 Å². The Morgan fingerprint density at radius 3 is 2.67 bits per heavy atom. The number of benzene rings is 2. The lowest BCUT2D eigenvalue weighted by Crippen LogP contribution is -2.30. The minimum atomic E-state index is -0.542. The Labute approximate surface area is 183 Å². The van der Waals surface area contributed by atoms with Crippen LogP contribution in [0.15, 0.2) is 42.5 Å². The smallest absolute Gasteiger partial charge is 0.339 e. The Morgan fingerprint density at radius 2 is 1.90 bits per heavy atom. The summed E-state index contributed by atoms with van der Waals surface area (Å²) in [7, 11) is 2.00. The number of nitrogens with one attached hydrogen (secondary N) is 1. The van der Waals surface area contributed by atoms with Crippen molar-refractivity contribution in [2.24, 2.45) is 0 Å². The van der Waals surface area contributed by atoms with Crippen molar-refractivity contribution in [3.05, 3.63) is 69.3 Å². The molecule has 8 heteroatoms. The zero-order chi connectivity index (χ0) is 21.3. The number of nitrogens with zero attached hydrogens (tertiary/aromatic N) is 2. The van der Waals surface area contributed by atoms with E-state index >= 15 is 0 Å². The monoisotopic (exact) mass is 443 g/mol. The fourth-order valence-corrected chi connectivity index (χ4v) is 4.11. The highest BCUT2D eigenvalue weighted by atomic mass is 35.5. The highest BCUT2D eigenvalue weighted by Crippen LogP contribution is 2.28. The summed E-state index contributed by atoms with van der Waals surface area (Å²) >= 11 is 11.9. The number of pyridine rings is 1. The van der Waals surface area contributed by atoms with Gasteiger partial charge >= 0.3 is 5.97 Å². The van der Waals surface area contributed by atoms with E-state index in [1.165, 1.54) is 0 Å². The van der Waals surface area contributed by atoms with Crippen LogP contribution in [0.25, 0.3) is 10.9 Å². The van der Waals surface area contributed by atoms with E-state index in [0.717, 1.165) is 35.1 Å². The SMILES string of the molecule is CN1CCc2nc3ccccc3c(C(=O)OCC(=O)Nc3cc(Cl)cc(Cl)c3)c2C1. The lowest BCUT2D eigenvalue weighted by atomic mass is 9.96. The van der Waals surface area contributed by atoms with Crippen LogP contribution in [-0.4, -0.2) is 42.0 Å². The number of hydrogen-bond donors (Lipinski definition) is 1. The first kappa shape index (κ1) is 20.6. The van der Waals surface area contributed by atoms with E-state index in [0.29, 0.717) is 27.8 Å². The van der Waals surface area contributed by atoms with Crippen molar-refractivity contribution in [1.29, 1.82) is 0 Å². The summed E-state index contributed by atoms with van der Waals surface area (Å²) in [6.07, 6.45) is 0.757. The number of fused-ring (bicyclic) bond motifs is 2. The molecule has 4 rings (SSSR count). The van der Waals surface area contributed by atoms with Gasteiger partial charge < -0.3 is 15.0 Å². The molecule has 1 N–H and O–H groups in total. The van der Waals surface area contributed by atoms with Gasteiger partial charge in [0, 0.05) is 51.9 Å². The average Bonchev–Trinajstić information content (AvgIpc) is 2.69. The van der Waals surface area contributed by atoms with Crippen molar-refractivity contribution in [2.75, 3.05) is 25.5 Å². The third-order valence-electron chi connectivity index (χ3n) is 4.92. The standard InChI is InChI=1S/C22H19Cl2N3O3/c1-27-7-6-19-17(11-27)21(16-4-2-3-5-18(16)26-19)22(29)30-12-20(28)25-15-9-13(23)8-14(24)10-15/h2-5,8-10H,6-7,11-12H2,1H3,(H,25,28). The van der Waals surface area contributed by atoms with Gasteiger partial charge in [-0.25, -0.2) is 4.79 Å². The van der Waals surface area contributed by atoms with E-state index in [1.807, 2.05) is 31.3 Å². The number of halogens is 2. The maximum atomic E-state index is 13.0. The summed E-state index contributed by atoms with van der Waals surface area (Å²) in [6, 6.07) is 12.2. The molecule has 1 aliphatic heterocycles. The van der Waals surface area contributed by atoms with Crippen LogP contribution in [0.1, 0.15) is 21.6 Å². The van der Waals surface area contributed by atoms with E-state index in [9.17, 15) is 9.59 Å². The summed E-state index contributed by atoms with van der Waals surface area (Å²) < 4.78 is 5.37. The number of ether oxygens (including phenoxy) is 1. The third-order valence-corrected chi connectivity index (χ3v) is 5.36. The van der Waals surface area contributed by atoms with Crippen LogP contribution in [0.5, 0.6) is 0 Å². The zero-order valence-corrected chi connectivity index (χ0v) is 17.8. The minimum absolute atomic E-state index is 0.397. The van der Waals surface area contributed by atoms with Gasteiger partial charge in [-0.15, -0.1) is 0 Å². The first-order chi connectivity index (χ1) is 14.4. The number of amides is 1. The van der Waals surface area contributed by atoms with E-state index in [2.05, 4.69) is 10.2 Å². The van der Waals surface area contributed by atoms with Crippen LogP contribution < -0.4 is 5.32 Å². The van der Waals surface area contributed by atoms with Gasteiger partial charge in [0.25, 0.3) is 5.91 Å². The number of aromatic nitrogens is 1. The maximum absolute atomic E-state index is 13.0. The number of carbonyl (C=O) groups is 2. The molecule has 1 amide bonds. The Morgan fingerprint density at radius 1 is 1.17 bits per heavy atom. The summed E-state index contributed by atoms with van der Waals surface area (Å²) in [5, 5.41) is 4.15. The van der Waals surface area contributed by atoms with Crippen molar-refractivity contribution >= 4 is 51.7 Å². The second-order valence-electron chi connectivity index (χ2n) is 7.20. The fraction of sp³-hybridized carbons (Fsp3) is 0.227. The minimum Gasteiger partial charge on any atom is -0.452 e. The molecule has 0 saturated carbocycles. The van der Waals surface area contributed by atoms with Crippen molar-refractivity contribution in [3.63, 3.8) is 0 Å². The van der Waals surface area contributed by atoms with Gasteiger partial charge in [-0.3, -0.25) is 9.78 Å². The number of esters is 1. The predicted molar refractivity (Wildman–Crippen MR) is 117 cm³/mol. The molecule has 0 bridgehead atoms. The van der Waals surface area contributed by atoms with Gasteiger partial charge in [-0.05, 0) is 31.3 Å². The number of anilines is 1. The number of rotatable bonds is 4. The topological polar surface area (TPSA) is 71.5 Å². The zero-order valence-electron chi connectivity index (χ0n) is 16.2. The number of para-hydroxylation sites is 1. The third kappa shape index (κ3) is 4.41. The molecule has 30 heavy (non-hydrogen) atoms.